The van der Waals surface area contributed by atoms with Gasteiger partial charge in [0.25, 0.3) is 17.7 Å². The van der Waals surface area contributed by atoms with Gasteiger partial charge in [-0.3, -0.25) is 57.9 Å². The molecule has 0 bridgehead atoms. The molecule has 0 spiro atoms. The van der Waals surface area contributed by atoms with Crippen LogP contribution in [0.2, 0.25) is 0 Å². The van der Waals surface area contributed by atoms with E-state index in [0.717, 1.165) is 35.6 Å². The molecular weight excluding hydrogens is 1050 g/mol. The van der Waals surface area contributed by atoms with Gasteiger partial charge in [0.2, 0.25) is 17.7 Å². The van der Waals surface area contributed by atoms with Crippen molar-refractivity contribution in [2.75, 3.05) is 72.1 Å². The lowest BCUT2D eigenvalue weighted by Crippen LogP contribution is -2.58. The van der Waals surface area contributed by atoms with E-state index in [-0.39, 0.29) is 124 Å². The molecule has 0 saturated carbocycles. The number of carbonyl (C=O) groups is 8. The van der Waals surface area contributed by atoms with Crippen LogP contribution in [-0.4, -0.2) is 173 Å². The number of hydrogen-bond acceptors (Lipinski definition) is 17. The quantitative estimate of drug-likeness (QED) is 0.0256. The Hall–Kier alpha value is -5.66. The van der Waals surface area contributed by atoms with E-state index >= 15 is 0 Å². The number of nitrogens with zero attached hydrogens (tertiary/aromatic N) is 4. The fourth-order valence-corrected chi connectivity index (χ4v) is 10.0. The summed E-state index contributed by atoms with van der Waals surface area (Å²) in [5.74, 6) is -5.99. The molecule has 26 heteroatoms. The maximum absolute atomic E-state index is 14.4. The van der Waals surface area contributed by atoms with Gasteiger partial charge >= 0.3 is 19.8 Å². The maximum atomic E-state index is 14.4. The summed E-state index contributed by atoms with van der Waals surface area (Å²) in [4.78, 5) is 131. The number of benzene rings is 1. The van der Waals surface area contributed by atoms with Crippen molar-refractivity contribution in [3.63, 3.8) is 0 Å². The van der Waals surface area contributed by atoms with Gasteiger partial charge < -0.3 is 49.4 Å². The van der Waals surface area contributed by atoms with Crippen LogP contribution in [0, 0.1) is 17.8 Å². The fraction of sp³-hybridized carbons (Fsp3) is 0.627. The number of nitrogens with one attached hydrogen (secondary N) is 3. The minimum absolute atomic E-state index is 0.0230. The molecule has 2 unspecified atom stereocenters. The zero-order valence-electron chi connectivity index (χ0n) is 45.1. The number of aromatic nitrogens is 1. The van der Waals surface area contributed by atoms with Crippen LogP contribution >= 0.6 is 19.2 Å². The molecule has 77 heavy (non-hydrogen) atoms. The lowest BCUT2D eigenvalue weighted by Gasteiger charge is -2.38. The van der Waals surface area contributed by atoms with Crippen molar-refractivity contribution in [2.45, 2.75) is 123 Å². The third-order valence-corrected chi connectivity index (χ3v) is 14.6. The summed E-state index contributed by atoms with van der Waals surface area (Å²) >= 11 is 1.06. The summed E-state index contributed by atoms with van der Waals surface area (Å²) in [5.41, 5.74) is 0.234. The first-order valence-electron chi connectivity index (χ1n) is 25.8. The SMILES string of the molecule is CC[C@H](C)[C@H](NC(=O)C1CCCCN1C)C(=O)N(C)[C@H](C[C@@H](OC(C)=O)c1nc(C(=O)N[C@@H](Cc2ccc(OP(=O)(O)O)c(NC(=O)CCOCCOCCOCCN3C(=O)C=CC3=O)c2)CC(C)C(=O)O)cs1)C(C)C. The van der Waals surface area contributed by atoms with Crippen molar-refractivity contribution in [1.29, 1.82) is 0 Å². The summed E-state index contributed by atoms with van der Waals surface area (Å²) in [6.45, 7) is 12.1. The summed E-state index contributed by atoms with van der Waals surface area (Å²) in [7, 11) is -1.55. The van der Waals surface area contributed by atoms with E-state index in [0.29, 0.717) is 18.4 Å². The van der Waals surface area contributed by atoms with Gasteiger partial charge in [-0.05, 0) is 68.8 Å². The molecule has 24 nitrogen and oxygen atoms in total. The first kappa shape index (κ1) is 63.9. The Morgan fingerprint density at radius 2 is 1.57 bits per heavy atom. The molecule has 4 rings (SSSR count). The van der Waals surface area contributed by atoms with E-state index in [9.17, 15) is 57.8 Å². The van der Waals surface area contributed by atoms with Crippen molar-refractivity contribution >= 4 is 72.2 Å². The lowest BCUT2D eigenvalue weighted by molar-refractivity contribution is -0.149. The highest BCUT2D eigenvalue weighted by atomic mass is 32.1. The van der Waals surface area contributed by atoms with Crippen LogP contribution in [0.25, 0.3) is 0 Å². The molecule has 7 atom stereocenters. The van der Waals surface area contributed by atoms with Gasteiger partial charge in [-0.2, -0.15) is 0 Å². The number of amides is 6. The number of aliphatic carboxylic acids is 1. The first-order chi connectivity index (χ1) is 36.4. The predicted octanol–water partition coefficient (Wildman–Crippen LogP) is 3.86. The number of likely N-dealkylation sites (N-methyl/N-ethyl adjacent to an activating group) is 2. The highest BCUT2D eigenvalue weighted by molar-refractivity contribution is 7.46. The second-order valence-corrected chi connectivity index (χ2v) is 21.6. The monoisotopic (exact) mass is 1120 g/mol. The van der Waals surface area contributed by atoms with Crippen LogP contribution < -0.4 is 20.5 Å². The van der Waals surface area contributed by atoms with Gasteiger partial charge in [0.15, 0.2) is 11.9 Å². The zero-order chi connectivity index (χ0) is 57.0. The Balaban J connectivity index is 1.42. The molecule has 0 aliphatic carbocycles. The van der Waals surface area contributed by atoms with Crippen LogP contribution in [0.1, 0.15) is 114 Å². The molecule has 1 saturated heterocycles. The van der Waals surface area contributed by atoms with E-state index in [4.69, 9.17) is 23.5 Å². The van der Waals surface area contributed by atoms with Gasteiger partial charge in [0, 0.05) is 50.0 Å². The molecule has 428 valence electrons. The summed E-state index contributed by atoms with van der Waals surface area (Å²) < 4.78 is 38.9. The molecule has 3 heterocycles. The van der Waals surface area contributed by atoms with E-state index in [1.807, 2.05) is 39.6 Å². The number of piperidine rings is 1. The third-order valence-electron chi connectivity index (χ3n) is 13.2. The number of hydrogen-bond donors (Lipinski definition) is 6. The fourth-order valence-electron chi connectivity index (χ4n) is 8.76. The molecule has 2 aliphatic heterocycles. The normalized spacial score (nSPS) is 17.3. The number of imide groups is 1. The summed E-state index contributed by atoms with van der Waals surface area (Å²) in [5, 5.41) is 20.1. The number of rotatable bonds is 33. The van der Waals surface area contributed by atoms with Crippen LogP contribution in [0.15, 0.2) is 35.7 Å². The number of ether oxygens (including phenoxy) is 4. The topological polar surface area (TPSA) is 319 Å². The van der Waals surface area contributed by atoms with E-state index in [2.05, 4.69) is 20.9 Å². The standard InChI is InChI=1S/C51H76N7O17PS/c1-9-32(4)46(55-48(64)39-12-10-11-18-56(39)7)50(65)57(8)40(31(2)3)29-42(74-34(6)59)49-54-38(30-77-49)47(63)52-36(26-33(5)51(66)67)27-35-13-14-41(75-76(68,69)70)37(28-35)53-43(60)17-20-71-22-24-73-25-23-72-21-19-58-44(61)15-16-45(58)62/h13-16,28,30-33,36,39-40,42,46H,9-12,17-27,29H2,1-8H3,(H,52,63)(H,53,60)(H,55,64)(H,66,67)(H2,68,69,70)/t32-,33?,36+,39?,40+,42+,46-/m0/s1. The number of likely N-dealkylation sites (tertiary alicyclic amines) is 1. The summed E-state index contributed by atoms with van der Waals surface area (Å²) in [6.07, 6.45) is 4.45. The number of anilines is 1. The number of carboxylic acid groups (broad SMARTS) is 1. The largest absolute Gasteiger partial charge is 0.524 e. The van der Waals surface area contributed by atoms with E-state index in [1.165, 1.54) is 49.6 Å². The number of phosphoric acid groups is 1. The Labute approximate surface area is 453 Å². The highest BCUT2D eigenvalue weighted by Crippen LogP contribution is 2.41. The highest BCUT2D eigenvalue weighted by Gasteiger charge is 2.38. The molecule has 0 radical (unpaired) electrons. The van der Waals surface area contributed by atoms with Crippen molar-refractivity contribution in [2.24, 2.45) is 17.8 Å². The number of carboxylic acids is 1. The second-order valence-electron chi connectivity index (χ2n) is 19.6. The Morgan fingerprint density at radius 1 is 0.922 bits per heavy atom. The lowest BCUT2D eigenvalue weighted by atomic mass is 9.92. The zero-order valence-corrected chi connectivity index (χ0v) is 46.8. The number of thiazole rings is 1. The second kappa shape index (κ2) is 31.1. The molecule has 6 N–H and O–H groups in total. The smallest absolute Gasteiger partial charge is 0.481 e. The van der Waals surface area contributed by atoms with Crippen LogP contribution in [0.3, 0.4) is 0 Å². The third kappa shape index (κ3) is 20.9. The van der Waals surface area contributed by atoms with Gasteiger partial charge in [-0.15, -0.1) is 11.3 Å². The van der Waals surface area contributed by atoms with Crippen molar-refractivity contribution in [3.05, 3.63) is 52.0 Å². The first-order valence-corrected chi connectivity index (χ1v) is 28.2. The van der Waals surface area contributed by atoms with Gasteiger partial charge in [-0.25, -0.2) is 9.55 Å². The van der Waals surface area contributed by atoms with E-state index < -0.39 is 73.5 Å². The Morgan fingerprint density at radius 3 is 2.17 bits per heavy atom. The van der Waals surface area contributed by atoms with Gasteiger partial charge in [-0.1, -0.05) is 53.5 Å². The van der Waals surface area contributed by atoms with E-state index in [1.54, 1.807) is 11.9 Å². The predicted molar refractivity (Wildman–Crippen MR) is 281 cm³/mol. The Bertz CT molecular complexity index is 2420. The molecular formula is C51H76N7O17PS. The molecule has 1 aromatic heterocycles. The van der Waals surface area contributed by atoms with Crippen molar-refractivity contribution in [3.8, 4) is 5.75 Å². The minimum Gasteiger partial charge on any atom is -0.481 e. The molecule has 6 amide bonds. The number of esters is 1. The maximum Gasteiger partial charge on any atom is 0.524 e. The van der Waals surface area contributed by atoms with Crippen LogP contribution in [0.4, 0.5) is 5.69 Å². The van der Waals surface area contributed by atoms with Gasteiger partial charge in [0.05, 0.1) is 70.3 Å². The van der Waals surface area contributed by atoms with Crippen molar-refractivity contribution in [1.82, 2.24) is 30.3 Å². The minimum atomic E-state index is -5.11. The molecule has 1 aromatic carbocycles. The van der Waals surface area contributed by atoms with Gasteiger partial charge in [0.1, 0.15) is 16.7 Å². The average molecular weight is 1120 g/mol. The summed E-state index contributed by atoms with van der Waals surface area (Å²) in [6, 6.07) is 1.51. The van der Waals surface area contributed by atoms with Crippen molar-refractivity contribution < 1.29 is 81.3 Å². The number of phosphoric ester groups is 1. The Kier molecular flexibility index (Phi) is 25.8. The molecule has 2 aliphatic rings. The van der Waals surface area contributed by atoms with Crippen LogP contribution in [0.5, 0.6) is 5.75 Å². The average Bonchev–Trinajstić information content (AvgIpc) is 3.99. The molecule has 2 aromatic rings. The van der Waals surface area contributed by atoms with Crippen LogP contribution in [-0.2, 0) is 63.5 Å². The molecule has 1 fully saturated rings. The number of carbonyl (C=O) groups excluding carboxylic acids is 7.